The summed E-state index contributed by atoms with van der Waals surface area (Å²) in [7, 11) is 0. The monoisotopic (exact) mass is 382 g/mol. The van der Waals surface area contributed by atoms with Gasteiger partial charge in [0.1, 0.15) is 5.60 Å². The number of anilines is 1. The van der Waals surface area contributed by atoms with Crippen molar-refractivity contribution in [3.8, 4) is 0 Å². The molecule has 0 spiro atoms. The van der Waals surface area contributed by atoms with E-state index in [1.807, 2.05) is 20.8 Å². The van der Waals surface area contributed by atoms with Crippen molar-refractivity contribution in [3.63, 3.8) is 0 Å². The molecule has 0 bridgehead atoms. The molecule has 0 heterocycles. The van der Waals surface area contributed by atoms with E-state index in [1.165, 1.54) is 5.56 Å². The molecule has 0 aromatic heterocycles. The van der Waals surface area contributed by atoms with Crippen LogP contribution in [0.15, 0.2) is 22.7 Å². The molecule has 1 saturated carbocycles. The molecule has 5 heteroatoms. The van der Waals surface area contributed by atoms with Gasteiger partial charge in [0.05, 0.1) is 0 Å². The molecule has 1 aromatic carbocycles. The van der Waals surface area contributed by atoms with Gasteiger partial charge in [0.25, 0.3) is 0 Å². The molecule has 1 amide bonds. The number of hydrogen-bond donors (Lipinski definition) is 2. The van der Waals surface area contributed by atoms with E-state index in [9.17, 15) is 4.79 Å². The molecule has 1 aromatic rings. The maximum Gasteiger partial charge on any atom is 0.407 e. The molecule has 128 valence electrons. The zero-order valence-corrected chi connectivity index (χ0v) is 16.0. The minimum absolute atomic E-state index is 0.166. The van der Waals surface area contributed by atoms with Crippen LogP contribution in [0.4, 0.5) is 10.5 Å². The number of carbonyl (C=O) groups is 1. The number of nitrogens with one attached hydrogen (secondary N) is 2. The summed E-state index contributed by atoms with van der Waals surface area (Å²) in [6, 6.07) is 6.83. The highest BCUT2D eigenvalue weighted by Crippen LogP contribution is 2.28. The summed E-state index contributed by atoms with van der Waals surface area (Å²) in [5.41, 5.74) is 1.89. The van der Waals surface area contributed by atoms with Crippen LogP contribution in [0.2, 0.25) is 0 Å². The van der Waals surface area contributed by atoms with E-state index in [4.69, 9.17) is 4.74 Å². The Labute approximate surface area is 147 Å². The van der Waals surface area contributed by atoms with E-state index in [-0.39, 0.29) is 12.1 Å². The molecule has 2 unspecified atom stereocenters. The first-order valence-corrected chi connectivity index (χ1v) is 9.04. The topological polar surface area (TPSA) is 50.4 Å². The lowest BCUT2D eigenvalue weighted by atomic mass is 9.91. The molecule has 4 nitrogen and oxygen atoms in total. The Kier molecular flexibility index (Phi) is 5.95. The summed E-state index contributed by atoms with van der Waals surface area (Å²) in [4.78, 5) is 11.9. The first-order chi connectivity index (χ1) is 10.7. The standard InChI is InChI=1S/C18H27BrN2O2/c1-12-8-9-15(19)16(10-12)20-13-6-5-7-14(11-13)21-17(22)23-18(2,3)4/h8-10,13-14,20H,5-7,11H2,1-4H3,(H,21,22). The van der Waals surface area contributed by atoms with E-state index in [2.05, 4.69) is 51.7 Å². The Morgan fingerprint density at radius 2 is 1.96 bits per heavy atom. The summed E-state index contributed by atoms with van der Waals surface area (Å²) >= 11 is 3.59. The molecule has 2 atom stereocenters. The van der Waals surface area contributed by atoms with Crippen molar-refractivity contribution in [1.82, 2.24) is 5.32 Å². The second-order valence-electron chi connectivity index (χ2n) is 7.33. The van der Waals surface area contributed by atoms with E-state index in [0.717, 1.165) is 35.8 Å². The number of ether oxygens (including phenoxy) is 1. The van der Waals surface area contributed by atoms with Crippen LogP contribution < -0.4 is 10.6 Å². The van der Waals surface area contributed by atoms with Gasteiger partial charge >= 0.3 is 6.09 Å². The summed E-state index contributed by atoms with van der Waals surface area (Å²) in [5, 5.41) is 6.61. The Bertz CT molecular complexity index is 554. The molecule has 1 aliphatic rings. The number of hydrogen-bond acceptors (Lipinski definition) is 3. The SMILES string of the molecule is Cc1ccc(Br)c(NC2CCCC(NC(=O)OC(C)(C)C)C2)c1. The molecule has 1 aliphatic carbocycles. The van der Waals surface area contributed by atoms with Gasteiger partial charge in [-0.3, -0.25) is 0 Å². The van der Waals surface area contributed by atoms with Gasteiger partial charge in [0.15, 0.2) is 0 Å². The zero-order chi connectivity index (χ0) is 17.0. The maximum absolute atomic E-state index is 11.9. The first-order valence-electron chi connectivity index (χ1n) is 8.25. The first kappa shape index (κ1) is 18.1. The van der Waals surface area contributed by atoms with Crippen LogP contribution in [0.5, 0.6) is 0 Å². The van der Waals surface area contributed by atoms with Gasteiger partial charge < -0.3 is 15.4 Å². The van der Waals surface area contributed by atoms with Crippen molar-refractivity contribution in [2.24, 2.45) is 0 Å². The highest BCUT2D eigenvalue weighted by Gasteiger charge is 2.25. The van der Waals surface area contributed by atoms with E-state index >= 15 is 0 Å². The fourth-order valence-electron chi connectivity index (χ4n) is 2.90. The lowest BCUT2D eigenvalue weighted by Gasteiger charge is -2.32. The Hall–Kier alpha value is -1.23. The molecule has 0 radical (unpaired) electrons. The highest BCUT2D eigenvalue weighted by molar-refractivity contribution is 9.10. The van der Waals surface area contributed by atoms with Crippen LogP contribution >= 0.6 is 15.9 Å². The van der Waals surface area contributed by atoms with Gasteiger partial charge in [-0.2, -0.15) is 0 Å². The van der Waals surface area contributed by atoms with Crippen LogP contribution in [0.25, 0.3) is 0 Å². The van der Waals surface area contributed by atoms with Crippen molar-refractivity contribution in [2.75, 3.05) is 5.32 Å². The second kappa shape index (κ2) is 7.56. The predicted octanol–water partition coefficient (Wildman–Crippen LogP) is 5.01. The van der Waals surface area contributed by atoms with E-state index in [0.29, 0.717) is 6.04 Å². The average molecular weight is 383 g/mol. The van der Waals surface area contributed by atoms with Crippen molar-refractivity contribution in [2.45, 2.75) is 71.1 Å². The van der Waals surface area contributed by atoms with Crippen molar-refractivity contribution >= 4 is 27.7 Å². The van der Waals surface area contributed by atoms with Gasteiger partial charge in [-0.25, -0.2) is 4.79 Å². The van der Waals surface area contributed by atoms with Gasteiger partial charge in [-0.05, 0) is 87.0 Å². The van der Waals surface area contributed by atoms with Crippen molar-refractivity contribution in [1.29, 1.82) is 0 Å². The number of carbonyl (C=O) groups excluding carboxylic acids is 1. The van der Waals surface area contributed by atoms with Gasteiger partial charge in [0, 0.05) is 22.2 Å². The number of benzene rings is 1. The molecule has 1 fully saturated rings. The maximum atomic E-state index is 11.9. The third-order valence-corrected chi connectivity index (χ3v) is 4.57. The summed E-state index contributed by atoms with van der Waals surface area (Å²) in [5.74, 6) is 0. The zero-order valence-electron chi connectivity index (χ0n) is 14.4. The lowest BCUT2D eigenvalue weighted by molar-refractivity contribution is 0.0492. The van der Waals surface area contributed by atoms with Gasteiger partial charge in [-0.15, -0.1) is 0 Å². The Morgan fingerprint density at radius 3 is 2.65 bits per heavy atom. The fraction of sp³-hybridized carbons (Fsp3) is 0.611. The fourth-order valence-corrected chi connectivity index (χ4v) is 3.26. The molecule has 0 aliphatic heterocycles. The summed E-state index contributed by atoms with van der Waals surface area (Å²) in [6.45, 7) is 7.73. The molecular formula is C18H27BrN2O2. The average Bonchev–Trinajstić information content (AvgIpc) is 2.41. The van der Waals surface area contributed by atoms with Gasteiger partial charge in [0.2, 0.25) is 0 Å². The largest absolute Gasteiger partial charge is 0.444 e. The number of amides is 1. The highest BCUT2D eigenvalue weighted by atomic mass is 79.9. The molecule has 2 N–H and O–H groups in total. The van der Waals surface area contributed by atoms with Crippen molar-refractivity contribution < 1.29 is 9.53 Å². The number of rotatable bonds is 3. The summed E-state index contributed by atoms with van der Waals surface area (Å²) in [6.07, 6.45) is 3.82. The normalized spacial score (nSPS) is 21.6. The van der Waals surface area contributed by atoms with E-state index < -0.39 is 5.60 Å². The predicted molar refractivity (Wildman–Crippen MR) is 97.9 cm³/mol. The van der Waals surface area contributed by atoms with Crippen LogP contribution in [0, 0.1) is 6.92 Å². The van der Waals surface area contributed by atoms with Crippen LogP contribution in [-0.4, -0.2) is 23.8 Å². The smallest absolute Gasteiger partial charge is 0.407 e. The minimum Gasteiger partial charge on any atom is -0.444 e. The number of alkyl carbamates (subject to hydrolysis) is 1. The third kappa shape index (κ3) is 6.05. The Balaban J connectivity index is 1.90. The second-order valence-corrected chi connectivity index (χ2v) is 8.19. The summed E-state index contributed by atoms with van der Waals surface area (Å²) < 4.78 is 6.43. The Morgan fingerprint density at radius 1 is 1.26 bits per heavy atom. The molecule has 23 heavy (non-hydrogen) atoms. The molecular weight excluding hydrogens is 356 g/mol. The van der Waals surface area contributed by atoms with Gasteiger partial charge in [-0.1, -0.05) is 6.07 Å². The van der Waals surface area contributed by atoms with Crippen LogP contribution in [0.3, 0.4) is 0 Å². The quantitative estimate of drug-likeness (QED) is 0.772. The van der Waals surface area contributed by atoms with E-state index in [1.54, 1.807) is 0 Å². The van der Waals surface area contributed by atoms with Crippen LogP contribution in [-0.2, 0) is 4.74 Å². The van der Waals surface area contributed by atoms with Crippen molar-refractivity contribution in [3.05, 3.63) is 28.2 Å². The molecule has 2 rings (SSSR count). The third-order valence-electron chi connectivity index (χ3n) is 3.88. The van der Waals surface area contributed by atoms with Crippen LogP contribution in [0.1, 0.15) is 52.0 Å². The number of aryl methyl sites for hydroxylation is 1. The minimum atomic E-state index is -0.456. The number of halogens is 1. The lowest BCUT2D eigenvalue weighted by Crippen LogP contribution is -2.43. The molecule has 0 saturated heterocycles.